The number of sulfonamides is 1. The largest absolute Gasteiger partial charge is 0.456 e. The number of esters is 1. The first-order valence-corrected chi connectivity index (χ1v) is 11.1. The molecular weight excluding hydrogens is 439 g/mol. The van der Waals surface area contributed by atoms with Crippen molar-refractivity contribution in [3.05, 3.63) is 54.1 Å². The average Bonchev–Trinajstić information content (AvgIpc) is 3.07. The summed E-state index contributed by atoms with van der Waals surface area (Å²) in [6.45, 7) is -0.468. The van der Waals surface area contributed by atoms with Gasteiger partial charge in [-0.05, 0) is 42.5 Å². The molecule has 1 N–H and O–H groups in total. The summed E-state index contributed by atoms with van der Waals surface area (Å²) in [4.78, 5) is 28.5. The lowest BCUT2D eigenvalue weighted by Crippen LogP contribution is -2.22. The van der Waals surface area contributed by atoms with E-state index in [1.165, 1.54) is 50.5 Å². The lowest BCUT2D eigenvalue weighted by atomic mass is 10.3. The van der Waals surface area contributed by atoms with Crippen LogP contribution in [-0.4, -0.2) is 54.9 Å². The molecule has 9 nitrogen and oxygen atoms in total. The van der Waals surface area contributed by atoms with Gasteiger partial charge in [0.15, 0.2) is 6.61 Å². The van der Waals surface area contributed by atoms with Gasteiger partial charge in [-0.15, -0.1) is 0 Å². The molecule has 0 atom stereocenters. The van der Waals surface area contributed by atoms with Crippen LogP contribution in [0.1, 0.15) is 12.2 Å². The van der Waals surface area contributed by atoms with Crippen molar-refractivity contribution in [2.24, 2.45) is 7.05 Å². The zero-order valence-electron chi connectivity index (χ0n) is 17.8. The van der Waals surface area contributed by atoms with E-state index in [4.69, 9.17) is 4.74 Å². The van der Waals surface area contributed by atoms with E-state index < -0.39 is 34.3 Å². The molecule has 0 aliphatic heterocycles. The zero-order chi connectivity index (χ0) is 23.5. The number of carbonyl (C=O) groups is 2. The second kappa shape index (κ2) is 9.45. The van der Waals surface area contributed by atoms with Crippen LogP contribution in [0.2, 0.25) is 0 Å². The van der Waals surface area contributed by atoms with Gasteiger partial charge in [0.25, 0.3) is 5.91 Å². The van der Waals surface area contributed by atoms with Gasteiger partial charge in [0.1, 0.15) is 11.6 Å². The van der Waals surface area contributed by atoms with Crippen molar-refractivity contribution in [3.8, 4) is 0 Å². The minimum absolute atomic E-state index is 0.0101. The molecule has 0 radical (unpaired) electrons. The van der Waals surface area contributed by atoms with Crippen molar-refractivity contribution in [1.82, 2.24) is 13.9 Å². The van der Waals surface area contributed by atoms with Crippen LogP contribution >= 0.6 is 0 Å². The highest BCUT2D eigenvalue weighted by molar-refractivity contribution is 7.89. The van der Waals surface area contributed by atoms with Gasteiger partial charge in [-0.1, -0.05) is 0 Å². The molecule has 2 aromatic carbocycles. The number of aryl methyl sites for hydroxylation is 2. The first-order valence-electron chi connectivity index (χ1n) is 9.67. The minimum atomic E-state index is -3.58. The number of anilines is 1. The zero-order valence-corrected chi connectivity index (χ0v) is 18.6. The molecule has 1 aromatic heterocycles. The van der Waals surface area contributed by atoms with E-state index in [0.29, 0.717) is 17.0 Å². The molecule has 1 amide bonds. The predicted molar refractivity (Wildman–Crippen MR) is 116 cm³/mol. The van der Waals surface area contributed by atoms with Crippen LogP contribution in [0, 0.1) is 5.82 Å². The summed E-state index contributed by atoms with van der Waals surface area (Å²) in [6.07, 6.45) is 0.239. The summed E-state index contributed by atoms with van der Waals surface area (Å²) in [7, 11) is 1.09. The number of hydrogen-bond acceptors (Lipinski definition) is 6. The van der Waals surface area contributed by atoms with E-state index in [-0.39, 0.29) is 17.7 Å². The maximum Gasteiger partial charge on any atom is 0.306 e. The Morgan fingerprint density at radius 2 is 1.84 bits per heavy atom. The summed E-state index contributed by atoms with van der Waals surface area (Å²) in [5, 5.41) is 2.50. The van der Waals surface area contributed by atoms with Crippen LogP contribution in [0.4, 0.5) is 10.1 Å². The highest BCUT2D eigenvalue weighted by atomic mass is 32.2. The quantitative estimate of drug-likeness (QED) is 0.513. The Bertz CT molecular complexity index is 1250. The number of rotatable bonds is 8. The molecular formula is C21H23FN4O5S. The van der Waals surface area contributed by atoms with Crippen LogP contribution in [0.15, 0.2) is 47.4 Å². The Morgan fingerprint density at radius 3 is 2.50 bits per heavy atom. The number of aromatic nitrogens is 2. The molecule has 0 unspecified atom stereocenters. The summed E-state index contributed by atoms with van der Waals surface area (Å²) in [5.74, 6) is -0.969. The van der Waals surface area contributed by atoms with E-state index in [0.717, 1.165) is 9.82 Å². The van der Waals surface area contributed by atoms with E-state index in [9.17, 15) is 22.4 Å². The second-order valence-corrected chi connectivity index (χ2v) is 9.39. The van der Waals surface area contributed by atoms with Gasteiger partial charge in [0, 0.05) is 33.3 Å². The third-order valence-electron chi connectivity index (χ3n) is 4.77. The summed E-state index contributed by atoms with van der Waals surface area (Å²) >= 11 is 0. The molecule has 0 aliphatic carbocycles. The Labute approximate surface area is 184 Å². The minimum Gasteiger partial charge on any atom is -0.456 e. The highest BCUT2D eigenvalue weighted by Gasteiger charge is 2.19. The number of imidazole rings is 1. The summed E-state index contributed by atoms with van der Waals surface area (Å²) < 4.78 is 45.4. The molecule has 0 fully saturated rings. The molecule has 1 heterocycles. The van der Waals surface area contributed by atoms with Crippen LogP contribution in [0.5, 0.6) is 0 Å². The number of ether oxygens (including phenoxy) is 1. The molecule has 3 rings (SSSR count). The van der Waals surface area contributed by atoms with Gasteiger partial charge in [0.05, 0.1) is 22.3 Å². The molecule has 3 aromatic rings. The lowest BCUT2D eigenvalue weighted by molar-refractivity contribution is -0.147. The monoisotopic (exact) mass is 462 g/mol. The molecule has 170 valence electrons. The number of amides is 1. The van der Waals surface area contributed by atoms with Gasteiger partial charge in [0.2, 0.25) is 10.0 Å². The number of hydrogen-bond donors (Lipinski definition) is 1. The Morgan fingerprint density at radius 1 is 1.16 bits per heavy atom. The highest BCUT2D eigenvalue weighted by Crippen LogP contribution is 2.22. The maximum atomic E-state index is 12.9. The van der Waals surface area contributed by atoms with Crippen LogP contribution < -0.4 is 5.32 Å². The topological polar surface area (TPSA) is 111 Å². The molecule has 0 bridgehead atoms. The Balaban J connectivity index is 1.58. The van der Waals surface area contributed by atoms with Crippen molar-refractivity contribution in [3.63, 3.8) is 0 Å². The van der Waals surface area contributed by atoms with E-state index in [1.54, 1.807) is 17.7 Å². The maximum absolute atomic E-state index is 12.9. The van der Waals surface area contributed by atoms with Gasteiger partial charge >= 0.3 is 5.97 Å². The van der Waals surface area contributed by atoms with Crippen molar-refractivity contribution in [2.45, 2.75) is 17.7 Å². The third-order valence-corrected chi connectivity index (χ3v) is 6.58. The number of nitrogens with zero attached hydrogens (tertiary/aromatic N) is 3. The van der Waals surface area contributed by atoms with Gasteiger partial charge in [-0.25, -0.2) is 22.1 Å². The normalized spacial score (nSPS) is 11.7. The third kappa shape index (κ3) is 5.29. The van der Waals surface area contributed by atoms with Crippen molar-refractivity contribution in [2.75, 3.05) is 26.0 Å². The van der Waals surface area contributed by atoms with Crippen molar-refractivity contribution in [1.29, 1.82) is 0 Å². The van der Waals surface area contributed by atoms with E-state index >= 15 is 0 Å². The number of halogens is 1. The number of fused-ring (bicyclic) bond motifs is 1. The summed E-state index contributed by atoms with van der Waals surface area (Å²) in [6, 6.07) is 9.88. The van der Waals surface area contributed by atoms with Crippen LogP contribution in [0.3, 0.4) is 0 Å². The Kier molecular flexibility index (Phi) is 6.90. The first-order chi connectivity index (χ1) is 15.1. The van der Waals surface area contributed by atoms with Crippen LogP contribution in [-0.2, 0) is 37.8 Å². The predicted octanol–water partition coefficient (Wildman–Crippen LogP) is 2.08. The fraction of sp³-hybridized carbons (Fsp3) is 0.286. The molecule has 0 aliphatic rings. The fourth-order valence-corrected chi connectivity index (χ4v) is 3.91. The molecule has 32 heavy (non-hydrogen) atoms. The fourth-order valence-electron chi connectivity index (χ4n) is 2.99. The second-order valence-electron chi connectivity index (χ2n) is 7.24. The standard InChI is InChI=1S/C21H23FN4O5S/c1-25(2)32(29,30)16-8-9-18-17(12-16)24-19(26(18)3)10-11-21(28)31-13-20(27)23-15-6-4-14(22)5-7-15/h4-9,12H,10-11,13H2,1-3H3,(H,23,27). The van der Waals surface area contributed by atoms with Gasteiger partial charge < -0.3 is 14.6 Å². The summed E-state index contributed by atoms with van der Waals surface area (Å²) in [5.41, 5.74) is 1.62. The van der Waals surface area contributed by atoms with Crippen molar-refractivity contribution >= 4 is 38.6 Å². The molecule has 0 saturated carbocycles. The first kappa shape index (κ1) is 23.4. The smallest absolute Gasteiger partial charge is 0.306 e. The number of nitrogens with one attached hydrogen (secondary N) is 1. The number of benzene rings is 2. The number of carbonyl (C=O) groups excluding carboxylic acids is 2. The molecule has 0 saturated heterocycles. The SMILES string of the molecule is CN(C)S(=O)(=O)c1ccc2c(c1)nc(CCC(=O)OCC(=O)Nc1ccc(F)cc1)n2C. The van der Waals surface area contributed by atoms with Crippen molar-refractivity contribution < 1.29 is 27.1 Å². The average molecular weight is 463 g/mol. The van der Waals surface area contributed by atoms with Gasteiger partial charge in [-0.3, -0.25) is 9.59 Å². The van der Waals surface area contributed by atoms with E-state index in [1.807, 2.05) is 0 Å². The lowest BCUT2D eigenvalue weighted by Gasteiger charge is -2.10. The van der Waals surface area contributed by atoms with E-state index in [2.05, 4.69) is 10.3 Å². The molecule has 0 spiro atoms. The molecule has 11 heteroatoms. The van der Waals surface area contributed by atoms with Crippen LogP contribution in [0.25, 0.3) is 11.0 Å². The van der Waals surface area contributed by atoms with Gasteiger partial charge in [-0.2, -0.15) is 0 Å². The Hall–Kier alpha value is -3.31.